The number of hydrogen-bond acceptors (Lipinski definition) is 4. The summed E-state index contributed by atoms with van der Waals surface area (Å²) >= 11 is 0. The molecule has 1 aliphatic heterocycles. The summed E-state index contributed by atoms with van der Waals surface area (Å²) in [5.41, 5.74) is 1.00. The Morgan fingerprint density at radius 2 is 2.09 bits per heavy atom. The molecule has 0 fully saturated rings. The Kier molecular flexibility index (Phi) is 4.93. The van der Waals surface area contributed by atoms with Crippen molar-refractivity contribution in [2.45, 2.75) is 32.9 Å². The van der Waals surface area contributed by atoms with Gasteiger partial charge in [-0.15, -0.1) is 0 Å². The average molecular weight is 319 g/mol. The van der Waals surface area contributed by atoms with E-state index in [1.807, 2.05) is 26.8 Å². The number of carboxylic acids is 1. The number of ether oxygens (including phenoxy) is 2. The lowest BCUT2D eigenvalue weighted by Crippen LogP contribution is -2.37. The average Bonchev–Trinajstić information content (AvgIpc) is 2.64. The summed E-state index contributed by atoms with van der Waals surface area (Å²) in [6.07, 6.45) is 2.19. The van der Waals surface area contributed by atoms with Crippen molar-refractivity contribution in [2.75, 3.05) is 13.2 Å². The van der Waals surface area contributed by atoms with Crippen molar-refractivity contribution in [2.24, 2.45) is 0 Å². The Morgan fingerprint density at radius 3 is 2.74 bits per heavy atom. The first kappa shape index (κ1) is 16.9. The van der Waals surface area contributed by atoms with Gasteiger partial charge in [-0.25, -0.2) is 9.59 Å². The van der Waals surface area contributed by atoms with E-state index in [-0.39, 0.29) is 6.09 Å². The van der Waals surface area contributed by atoms with E-state index < -0.39 is 11.6 Å². The van der Waals surface area contributed by atoms with Crippen LogP contribution in [0.1, 0.15) is 31.9 Å². The van der Waals surface area contributed by atoms with E-state index >= 15 is 0 Å². The second kappa shape index (κ2) is 6.73. The quantitative estimate of drug-likeness (QED) is 0.848. The molecule has 1 N–H and O–H groups in total. The van der Waals surface area contributed by atoms with Gasteiger partial charge in [-0.2, -0.15) is 0 Å². The number of hydrogen-bond donors (Lipinski definition) is 1. The third kappa shape index (κ3) is 5.02. The molecular weight excluding hydrogens is 298 g/mol. The van der Waals surface area contributed by atoms with Crippen LogP contribution in [0.2, 0.25) is 0 Å². The third-order valence-corrected chi connectivity index (χ3v) is 3.13. The van der Waals surface area contributed by atoms with E-state index in [4.69, 9.17) is 14.6 Å². The number of aliphatic carboxylic acids is 1. The van der Waals surface area contributed by atoms with Crippen LogP contribution in [0.15, 0.2) is 24.3 Å². The lowest BCUT2D eigenvalue weighted by Gasteiger charge is -2.26. The van der Waals surface area contributed by atoms with Crippen LogP contribution in [0, 0.1) is 0 Å². The highest BCUT2D eigenvalue weighted by Crippen LogP contribution is 2.25. The van der Waals surface area contributed by atoms with E-state index in [2.05, 4.69) is 0 Å². The van der Waals surface area contributed by atoms with Crippen molar-refractivity contribution in [1.82, 2.24) is 4.90 Å². The first-order valence-electron chi connectivity index (χ1n) is 7.39. The normalized spacial score (nSPS) is 14.8. The molecule has 0 bridgehead atoms. The fourth-order valence-corrected chi connectivity index (χ4v) is 2.17. The van der Waals surface area contributed by atoms with Gasteiger partial charge >= 0.3 is 12.1 Å². The molecular formula is C17H21NO5. The van der Waals surface area contributed by atoms with Gasteiger partial charge in [0.15, 0.2) is 0 Å². The number of amides is 1. The number of nitrogens with zero attached hydrogens (tertiary/aromatic N) is 1. The summed E-state index contributed by atoms with van der Waals surface area (Å²) < 4.78 is 11.0. The molecule has 124 valence electrons. The summed E-state index contributed by atoms with van der Waals surface area (Å²) in [6, 6.07) is 5.38. The standard InChI is InChI=1S/C17H21NO5/c1-17(2,3)23-16(21)18-8-9-22-14-6-4-12(5-7-15(19)20)10-13(14)11-18/h4-7,10H,8-9,11H2,1-3H3,(H,19,20)/b7-5+. The Balaban J connectivity index is 2.19. The summed E-state index contributed by atoms with van der Waals surface area (Å²) in [5.74, 6) is -0.310. The molecule has 2 rings (SSSR count). The first-order valence-corrected chi connectivity index (χ1v) is 7.39. The molecule has 0 atom stereocenters. The van der Waals surface area contributed by atoms with Gasteiger partial charge in [0.1, 0.15) is 18.0 Å². The Hall–Kier alpha value is -2.50. The smallest absolute Gasteiger partial charge is 0.410 e. The van der Waals surface area contributed by atoms with Gasteiger partial charge < -0.3 is 19.5 Å². The van der Waals surface area contributed by atoms with Crippen molar-refractivity contribution in [3.63, 3.8) is 0 Å². The third-order valence-electron chi connectivity index (χ3n) is 3.13. The Morgan fingerprint density at radius 1 is 1.35 bits per heavy atom. The minimum atomic E-state index is -1.01. The lowest BCUT2D eigenvalue weighted by atomic mass is 10.1. The maximum Gasteiger partial charge on any atom is 0.410 e. The predicted molar refractivity (Wildman–Crippen MR) is 85.3 cm³/mol. The highest BCUT2D eigenvalue weighted by atomic mass is 16.6. The van der Waals surface area contributed by atoms with E-state index in [1.54, 1.807) is 17.0 Å². The summed E-state index contributed by atoms with van der Waals surface area (Å²) in [4.78, 5) is 24.4. The lowest BCUT2D eigenvalue weighted by molar-refractivity contribution is -0.131. The zero-order valence-electron chi connectivity index (χ0n) is 13.5. The van der Waals surface area contributed by atoms with Crippen LogP contribution >= 0.6 is 0 Å². The topological polar surface area (TPSA) is 76.1 Å². The molecule has 6 heteroatoms. The molecule has 0 radical (unpaired) electrons. The van der Waals surface area contributed by atoms with Gasteiger partial charge in [-0.05, 0) is 44.5 Å². The van der Waals surface area contributed by atoms with Crippen LogP contribution < -0.4 is 4.74 Å². The summed E-state index contributed by atoms with van der Waals surface area (Å²) in [7, 11) is 0. The molecule has 23 heavy (non-hydrogen) atoms. The van der Waals surface area contributed by atoms with Crippen LogP contribution in [0.3, 0.4) is 0 Å². The molecule has 6 nitrogen and oxygen atoms in total. The molecule has 0 saturated carbocycles. The van der Waals surface area contributed by atoms with Crippen molar-refractivity contribution in [3.05, 3.63) is 35.4 Å². The number of carbonyl (C=O) groups is 2. The van der Waals surface area contributed by atoms with E-state index in [9.17, 15) is 9.59 Å². The second-order valence-electron chi connectivity index (χ2n) is 6.29. The molecule has 0 saturated heterocycles. The molecule has 1 heterocycles. The van der Waals surface area contributed by atoms with Gasteiger partial charge in [0, 0.05) is 11.6 Å². The molecule has 0 aliphatic carbocycles. The zero-order valence-corrected chi connectivity index (χ0v) is 13.5. The first-order chi connectivity index (χ1) is 10.7. The minimum Gasteiger partial charge on any atom is -0.491 e. The van der Waals surface area contributed by atoms with Crippen LogP contribution in [0.5, 0.6) is 5.75 Å². The SMILES string of the molecule is CC(C)(C)OC(=O)N1CCOc2ccc(/C=C/C(=O)O)cc2C1. The number of benzene rings is 1. The van der Waals surface area contributed by atoms with Gasteiger partial charge in [-0.1, -0.05) is 6.07 Å². The highest BCUT2D eigenvalue weighted by Gasteiger charge is 2.25. The minimum absolute atomic E-state index is 0.360. The van der Waals surface area contributed by atoms with Gasteiger partial charge in [0.25, 0.3) is 0 Å². The molecule has 1 amide bonds. The largest absolute Gasteiger partial charge is 0.491 e. The monoisotopic (exact) mass is 319 g/mol. The number of fused-ring (bicyclic) bond motifs is 1. The molecule has 0 spiro atoms. The second-order valence-corrected chi connectivity index (χ2v) is 6.29. The fraction of sp³-hybridized carbons (Fsp3) is 0.412. The van der Waals surface area contributed by atoms with Crippen LogP contribution in [-0.4, -0.2) is 40.8 Å². The molecule has 1 aromatic carbocycles. The molecule has 0 unspecified atom stereocenters. The molecule has 1 aromatic rings. The van der Waals surface area contributed by atoms with E-state index in [0.717, 1.165) is 17.2 Å². The van der Waals surface area contributed by atoms with Crippen molar-refractivity contribution in [3.8, 4) is 5.75 Å². The Bertz CT molecular complexity index is 630. The maximum absolute atomic E-state index is 12.2. The summed E-state index contributed by atoms with van der Waals surface area (Å²) in [5, 5.41) is 8.70. The van der Waals surface area contributed by atoms with Gasteiger partial charge in [0.05, 0.1) is 13.1 Å². The highest BCUT2D eigenvalue weighted by molar-refractivity contribution is 5.85. The number of rotatable bonds is 2. The van der Waals surface area contributed by atoms with Crippen molar-refractivity contribution in [1.29, 1.82) is 0 Å². The van der Waals surface area contributed by atoms with E-state index in [0.29, 0.717) is 25.4 Å². The summed E-state index contributed by atoms with van der Waals surface area (Å²) in [6.45, 7) is 6.64. The maximum atomic E-state index is 12.2. The van der Waals surface area contributed by atoms with Gasteiger partial charge in [-0.3, -0.25) is 0 Å². The van der Waals surface area contributed by atoms with Crippen LogP contribution in [-0.2, 0) is 16.1 Å². The molecule has 1 aliphatic rings. The van der Waals surface area contributed by atoms with Crippen molar-refractivity contribution < 1.29 is 24.2 Å². The number of carboxylic acid groups (broad SMARTS) is 1. The predicted octanol–water partition coefficient (Wildman–Crippen LogP) is 2.91. The van der Waals surface area contributed by atoms with Gasteiger partial charge in [0.2, 0.25) is 0 Å². The Labute approximate surface area is 135 Å². The van der Waals surface area contributed by atoms with E-state index in [1.165, 1.54) is 6.08 Å². The van der Waals surface area contributed by atoms with Crippen LogP contribution in [0.4, 0.5) is 4.79 Å². The zero-order chi connectivity index (χ0) is 17.0. The fourth-order valence-electron chi connectivity index (χ4n) is 2.17. The molecule has 0 aromatic heterocycles. The van der Waals surface area contributed by atoms with Crippen molar-refractivity contribution >= 4 is 18.1 Å². The number of carbonyl (C=O) groups excluding carboxylic acids is 1. The van der Waals surface area contributed by atoms with Crippen LogP contribution in [0.25, 0.3) is 6.08 Å².